The van der Waals surface area contributed by atoms with Crippen LogP contribution in [0, 0.1) is 17.8 Å². The lowest BCUT2D eigenvalue weighted by atomic mass is 10.0. The quantitative estimate of drug-likeness (QED) is 0.0350. The van der Waals surface area contributed by atoms with Crippen LogP contribution in [0.15, 0.2) is 0 Å². The average Bonchev–Trinajstić information content (AvgIpc) is 3.12. The van der Waals surface area contributed by atoms with E-state index in [1.54, 1.807) is 0 Å². The van der Waals surface area contributed by atoms with Crippen LogP contribution in [0.3, 0.4) is 0 Å². The topological polar surface area (TPSA) is 78.9 Å². The van der Waals surface area contributed by atoms with Gasteiger partial charge in [0.05, 0.1) is 0 Å². The van der Waals surface area contributed by atoms with Gasteiger partial charge >= 0.3 is 17.9 Å². The van der Waals surface area contributed by atoms with E-state index in [4.69, 9.17) is 14.2 Å². The number of rotatable bonds is 41. The summed E-state index contributed by atoms with van der Waals surface area (Å²) in [4.78, 5) is 37.8. The van der Waals surface area contributed by atoms with Crippen LogP contribution in [0.2, 0.25) is 0 Å². The molecule has 0 aliphatic heterocycles. The molecule has 0 N–H and O–H groups in total. The second-order valence-electron chi connectivity index (χ2n) is 17.8. The lowest BCUT2D eigenvalue weighted by Gasteiger charge is -2.18. The largest absolute Gasteiger partial charge is 0.462 e. The van der Waals surface area contributed by atoms with Gasteiger partial charge in [-0.1, -0.05) is 215 Å². The van der Waals surface area contributed by atoms with E-state index in [9.17, 15) is 14.4 Å². The highest BCUT2D eigenvalue weighted by Crippen LogP contribution is 2.17. The molecule has 0 aliphatic rings. The van der Waals surface area contributed by atoms with Gasteiger partial charge in [0.25, 0.3) is 0 Å². The number of carbonyl (C=O) groups excluding carboxylic acids is 3. The molecule has 0 spiro atoms. The number of unbranched alkanes of at least 4 members (excludes halogenated alkanes) is 24. The molecular weight excluding hydrogens is 673 g/mol. The van der Waals surface area contributed by atoms with Gasteiger partial charge in [-0.2, -0.15) is 0 Å². The summed E-state index contributed by atoms with van der Waals surface area (Å²) >= 11 is 0. The molecule has 0 radical (unpaired) electrons. The molecule has 0 aliphatic carbocycles. The van der Waals surface area contributed by atoms with Crippen LogP contribution in [0.5, 0.6) is 0 Å². The molecule has 54 heavy (non-hydrogen) atoms. The van der Waals surface area contributed by atoms with Gasteiger partial charge in [-0.25, -0.2) is 0 Å². The van der Waals surface area contributed by atoms with Gasteiger partial charge in [-0.05, 0) is 37.0 Å². The molecule has 0 aromatic rings. The van der Waals surface area contributed by atoms with Crippen LogP contribution >= 0.6 is 0 Å². The SMILES string of the molecule is CC(C)CCCCCCCCCCCCC(=O)O[C@H](COC(=O)CCCCCCCCCCCC(C)C)COC(=O)CCCCCCCCCCC(C)C. The lowest BCUT2D eigenvalue weighted by Crippen LogP contribution is -2.30. The zero-order chi connectivity index (χ0) is 39.9. The van der Waals surface area contributed by atoms with Gasteiger partial charge in [0.1, 0.15) is 13.2 Å². The number of hydrogen-bond acceptors (Lipinski definition) is 6. The summed E-state index contributed by atoms with van der Waals surface area (Å²) in [6.07, 6.45) is 36.7. The van der Waals surface area contributed by atoms with E-state index in [2.05, 4.69) is 41.5 Å². The highest BCUT2D eigenvalue weighted by atomic mass is 16.6. The Bertz CT molecular complexity index is 837. The van der Waals surface area contributed by atoms with E-state index < -0.39 is 6.10 Å². The van der Waals surface area contributed by atoms with Crippen molar-refractivity contribution in [3.63, 3.8) is 0 Å². The fraction of sp³-hybridized carbons (Fsp3) is 0.938. The Kier molecular flexibility index (Phi) is 38.5. The van der Waals surface area contributed by atoms with Crippen molar-refractivity contribution in [2.45, 2.75) is 260 Å². The smallest absolute Gasteiger partial charge is 0.306 e. The summed E-state index contributed by atoms with van der Waals surface area (Å²) in [6, 6.07) is 0. The summed E-state index contributed by atoms with van der Waals surface area (Å²) in [5, 5.41) is 0. The third kappa shape index (κ3) is 41.6. The minimum atomic E-state index is -0.762. The highest BCUT2D eigenvalue weighted by Gasteiger charge is 2.19. The van der Waals surface area contributed by atoms with Crippen molar-refractivity contribution in [3.8, 4) is 0 Å². The number of carbonyl (C=O) groups is 3. The minimum Gasteiger partial charge on any atom is -0.462 e. The van der Waals surface area contributed by atoms with E-state index in [1.807, 2.05) is 0 Å². The maximum absolute atomic E-state index is 12.7. The Labute approximate surface area is 336 Å². The Balaban J connectivity index is 4.35. The van der Waals surface area contributed by atoms with Crippen molar-refractivity contribution in [1.29, 1.82) is 0 Å². The molecule has 0 aromatic carbocycles. The molecular formula is C48H92O6. The fourth-order valence-electron chi connectivity index (χ4n) is 7.06. The van der Waals surface area contributed by atoms with Gasteiger partial charge in [0, 0.05) is 19.3 Å². The third-order valence-electron chi connectivity index (χ3n) is 10.6. The Morgan fingerprint density at radius 1 is 0.315 bits per heavy atom. The van der Waals surface area contributed by atoms with E-state index in [1.165, 1.54) is 135 Å². The lowest BCUT2D eigenvalue weighted by molar-refractivity contribution is -0.167. The first-order valence-corrected chi connectivity index (χ1v) is 23.6. The number of ether oxygens (including phenoxy) is 3. The van der Waals surface area contributed by atoms with E-state index >= 15 is 0 Å². The summed E-state index contributed by atoms with van der Waals surface area (Å²) in [5.41, 5.74) is 0. The van der Waals surface area contributed by atoms with Crippen LogP contribution in [-0.2, 0) is 28.6 Å². The second-order valence-corrected chi connectivity index (χ2v) is 17.8. The molecule has 0 unspecified atom stereocenters. The molecule has 320 valence electrons. The Hall–Kier alpha value is -1.59. The summed E-state index contributed by atoms with van der Waals surface area (Å²) < 4.78 is 16.7. The molecule has 6 heteroatoms. The van der Waals surface area contributed by atoms with E-state index in [0.717, 1.165) is 75.5 Å². The van der Waals surface area contributed by atoms with Gasteiger partial charge in [-0.3, -0.25) is 14.4 Å². The monoisotopic (exact) mass is 765 g/mol. The molecule has 6 nitrogen and oxygen atoms in total. The molecule has 0 fully saturated rings. The average molecular weight is 765 g/mol. The fourth-order valence-corrected chi connectivity index (χ4v) is 7.06. The molecule has 0 saturated carbocycles. The number of hydrogen-bond donors (Lipinski definition) is 0. The molecule has 0 amide bonds. The standard InChI is InChI=1S/C48H92O6/c1-42(2)34-28-22-16-10-7-8-12-21-27-33-39-48(51)54-45(41-53-47(50)38-32-26-20-15-14-18-24-30-36-44(5)6)40-52-46(49)37-31-25-19-13-9-11-17-23-29-35-43(3)4/h42-45H,7-41H2,1-6H3/t45-/m1/s1. The molecule has 0 aromatic heterocycles. The molecule has 0 rings (SSSR count). The van der Waals surface area contributed by atoms with Crippen molar-refractivity contribution in [3.05, 3.63) is 0 Å². The Morgan fingerprint density at radius 2 is 0.537 bits per heavy atom. The van der Waals surface area contributed by atoms with Crippen molar-refractivity contribution in [2.75, 3.05) is 13.2 Å². The summed E-state index contributed by atoms with van der Waals surface area (Å²) in [7, 11) is 0. The molecule has 0 bridgehead atoms. The van der Waals surface area contributed by atoms with Gasteiger partial charge < -0.3 is 14.2 Å². The van der Waals surface area contributed by atoms with Crippen molar-refractivity contribution in [1.82, 2.24) is 0 Å². The van der Waals surface area contributed by atoms with Crippen molar-refractivity contribution in [2.24, 2.45) is 17.8 Å². The maximum Gasteiger partial charge on any atom is 0.306 e. The third-order valence-corrected chi connectivity index (χ3v) is 10.6. The zero-order valence-corrected chi connectivity index (χ0v) is 37.0. The molecule has 1 atom stereocenters. The van der Waals surface area contributed by atoms with Gasteiger partial charge in [-0.15, -0.1) is 0 Å². The maximum atomic E-state index is 12.7. The summed E-state index contributed by atoms with van der Waals surface area (Å²) in [6.45, 7) is 13.6. The first kappa shape index (κ1) is 52.4. The first-order chi connectivity index (χ1) is 26.1. The number of esters is 3. The normalized spacial score (nSPS) is 12.2. The van der Waals surface area contributed by atoms with Crippen molar-refractivity contribution < 1.29 is 28.6 Å². The van der Waals surface area contributed by atoms with Gasteiger partial charge in [0.15, 0.2) is 6.10 Å². The van der Waals surface area contributed by atoms with Gasteiger partial charge in [0.2, 0.25) is 0 Å². The van der Waals surface area contributed by atoms with Crippen LogP contribution in [0.1, 0.15) is 253 Å². The zero-order valence-electron chi connectivity index (χ0n) is 37.0. The van der Waals surface area contributed by atoms with Crippen LogP contribution in [0.4, 0.5) is 0 Å². The molecule has 0 heterocycles. The van der Waals surface area contributed by atoms with E-state index in [-0.39, 0.29) is 31.1 Å². The first-order valence-electron chi connectivity index (χ1n) is 23.6. The second kappa shape index (κ2) is 39.6. The van der Waals surface area contributed by atoms with Crippen LogP contribution in [0.25, 0.3) is 0 Å². The predicted molar refractivity (Wildman–Crippen MR) is 229 cm³/mol. The Morgan fingerprint density at radius 3 is 0.796 bits per heavy atom. The van der Waals surface area contributed by atoms with Crippen LogP contribution < -0.4 is 0 Å². The molecule has 0 saturated heterocycles. The van der Waals surface area contributed by atoms with Crippen LogP contribution in [-0.4, -0.2) is 37.2 Å². The summed E-state index contributed by atoms with van der Waals surface area (Å²) in [5.74, 6) is 1.56. The predicted octanol–water partition coefficient (Wildman–Crippen LogP) is 14.8. The van der Waals surface area contributed by atoms with E-state index in [0.29, 0.717) is 19.3 Å². The minimum absolute atomic E-state index is 0.0662. The van der Waals surface area contributed by atoms with Crippen molar-refractivity contribution >= 4 is 17.9 Å². The highest BCUT2D eigenvalue weighted by molar-refractivity contribution is 5.71.